The smallest absolute Gasteiger partial charge is 0.256 e. The number of amides is 1. The van der Waals surface area contributed by atoms with E-state index in [0.717, 1.165) is 5.56 Å². The highest BCUT2D eigenvalue weighted by atomic mass is 16.5. The second-order valence-corrected chi connectivity index (χ2v) is 4.31. The molecule has 2 aromatic carbocycles. The molecule has 0 aliphatic carbocycles. The number of hydrogen-bond acceptors (Lipinski definition) is 4. The molecule has 2 rings (SSSR count). The van der Waals surface area contributed by atoms with Gasteiger partial charge < -0.3 is 19.9 Å². The van der Waals surface area contributed by atoms with Crippen LogP contribution in [0.1, 0.15) is 15.9 Å². The molecule has 1 amide bonds. The topological polar surface area (TPSA) is 70.8 Å². The maximum absolute atomic E-state index is 11.6. The Kier molecular flexibility index (Phi) is 4.66. The van der Waals surface area contributed by atoms with Crippen molar-refractivity contribution >= 4 is 5.91 Å². The molecule has 5 nitrogen and oxygen atoms in total. The maximum atomic E-state index is 11.6. The molecule has 0 unspecified atom stereocenters. The number of benzene rings is 2. The van der Waals surface area contributed by atoms with E-state index in [2.05, 4.69) is 0 Å². The molecule has 0 aromatic heterocycles. The van der Waals surface area contributed by atoms with Gasteiger partial charge >= 0.3 is 0 Å². The van der Waals surface area contributed by atoms with Crippen molar-refractivity contribution in [1.82, 2.24) is 0 Å². The van der Waals surface area contributed by atoms with Gasteiger partial charge in [-0.15, -0.1) is 0 Å². The minimum absolute atomic E-state index is 0.172. The lowest BCUT2D eigenvalue weighted by Gasteiger charge is -2.15. The summed E-state index contributed by atoms with van der Waals surface area (Å²) >= 11 is 0. The Labute approximate surface area is 123 Å². The van der Waals surface area contributed by atoms with Gasteiger partial charge in [0, 0.05) is 0 Å². The molecule has 0 radical (unpaired) electrons. The molecule has 0 aliphatic heterocycles. The average molecular weight is 287 g/mol. The average Bonchev–Trinajstić information content (AvgIpc) is 2.52. The zero-order valence-corrected chi connectivity index (χ0v) is 12.0. The number of carbonyl (C=O) groups is 1. The second-order valence-electron chi connectivity index (χ2n) is 4.31. The van der Waals surface area contributed by atoms with Crippen molar-refractivity contribution in [2.75, 3.05) is 14.2 Å². The van der Waals surface area contributed by atoms with Gasteiger partial charge in [-0.3, -0.25) is 4.79 Å². The molecule has 0 saturated heterocycles. The van der Waals surface area contributed by atoms with Crippen LogP contribution in [-0.2, 0) is 6.61 Å². The number of methoxy groups -OCH3 is 2. The molecular formula is C16H17NO4. The Bertz CT molecular complexity index is 626. The van der Waals surface area contributed by atoms with E-state index in [1.807, 2.05) is 30.3 Å². The van der Waals surface area contributed by atoms with E-state index in [1.165, 1.54) is 14.2 Å². The quantitative estimate of drug-likeness (QED) is 0.885. The van der Waals surface area contributed by atoms with Crippen molar-refractivity contribution < 1.29 is 19.0 Å². The largest absolute Gasteiger partial charge is 0.496 e. The van der Waals surface area contributed by atoms with Gasteiger partial charge in [0.1, 0.15) is 17.9 Å². The van der Waals surface area contributed by atoms with Crippen LogP contribution in [0.5, 0.6) is 17.2 Å². The third-order valence-electron chi connectivity index (χ3n) is 2.99. The number of primary amides is 1. The Morgan fingerprint density at radius 2 is 1.67 bits per heavy atom. The molecule has 2 N–H and O–H groups in total. The molecule has 0 spiro atoms. The first-order valence-corrected chi connectivity index (χ1v) is 6.39. The molecular weight excluding hydrogens is 270 g/mol. The highest BCUT2D eigenvalue weighted by Crippen LogP contribution is 2.37. The Hall–Kier alpha value is -2.69. The van der Waals surface area contributed by atoms with Crippen LogP contribution in [0.3, 0.4) is 0 Å². The lowest BCUT2D eigenvalue weighted by molar-refractivity contribution is 0.0993. The van der Waals surface area contributed by atoms with Crippen molar-refractivity contribution in [1.29, 1.82) is 0 Å². The third-order valence-corrected chi connectivity index (χ3v) is 2.99. The minimum Gasteiger partial charge on any atom is -0.496 e. The number of nitrogens with two attached hydrogens (primary N) is 1. The lowest BCUT2D eigenvalue weighted by Crippen LogP contribution is -2.14. The van der Waals surface area contributed by atoms with Gasteiger partial charge in [-0.05, 0) is 17.7 Å². The van der Waals surface area contributed by atoms with E-state index in [4.69, 9.17) is 19.9 Å². The number of ether oxygens (including phenoxy) is 3. The monoisotopic (exact) mass is 287 g/mol. The molecule has 0 fully saturated rings. The molecule has 2 aromatic rings. The van der Waals surface area contributed by atoms with Gasteiger partial charge in [-0.1, -0.05) is 30.3 Å². The van der Waals surface area contributed by atoms with Gasteiger partial charge in [0.15, 0.2) is 11.5 Å². The fourth-order valence-corrected chi connectivity index (χ4v) is 2.00. The number of rotatable bonds is 6. The molecule has 0 saturated carbocycles. The summed E-state index contributed by atoms with van der Waals surface area (Å²) in [5.74, 6) is 0.439. The van der Waals surface area contributed by atoms with Gasteiger partial charge in [0.25, 0.3) is 5.91 Å². The van der Waals surface area contributed by atoms with Crippen LogP contribution >= 0.6 is 0 Å². The summed E-state index contributed by atoms with van der Waals surface area (Å²) in [4.78, 5) is 11.6. The van der Waals surface area contributed by atoms with Crippen LogP contribution in [0.4, 0.5) is 0 Å². The van der Waals surface area contributed by atoms with E-state index in [-0.39, 0.29) is 11.3 Å². The second kappa shape index (κ2) is 6.65. The van der Waals surface area contributed by atoms with E-state index in [0.29, 0.717) is 18.1 Å². The first-order chi connectivity index (χ1) is 10.2. The van der Waals surface area contributed by atoms with Crippen molar-refractivity contribution in [3.05, 3.63) is 53.6 Å². The van der Waals surface area contributed by atoms with Crippen LogP contribution in [0.25, 0.3) is 0 Å². The summed E-state index contributed by atoms with van der Waals surface area (Å²) < 4.78 is 16.1. The standard InChI is InChI=1S/C16H17NO4/c1-19-12-8-9-13(15(20-2)14(12)16(17)18)21-10-11-6-4-3-5-7-11/h3-9H,10H2,1-2H3,(H2,17,18). The Balaban J connectivity index is 2.31. The Morgan fingerprint density at radius 1 is 1.00 bits per heavy atom. The van der Waals surface area contributed by atoms with Crippen LogP contribution in [0, 0.1) is 0 Å². The third kappa shape index (κ3) is 3.25. The summed E-state index contributed by atoms with van der Waals surface area (Å²) in [6, 6.07) is 13.0. The van der Waals surface area contributed by atoms with Crippen LogP contribution in [0.2, 0.25) is 0 Å². The van der Waals surface area contributed by atoms with Crippen LogP contribution in [-0.4, -0.2) is 20.1 Å². The first-order valence-electron chi connectivity index (χ1n) is 6.39. The van der Waals surface area contributed by atoms with E-state index in [9.17, 15) is 4.79 Å². The van der Waals surface area contributed by atoms with Crippen molar-refractivity contribution in [3.8, 4) is 17.2 Å². The van der Waals surface area contributed by atoms with Crippen LogP contribution in [0.15, 0.2) is 42.5 Å². The Morgan fingerprint density at radius 3 is 2.24 bits per heavy atom. The summed E-state index contributed by atoms with van der Waals surface area (Å²) in [7, 11) is 2.92. The molecule has 21 heavy (non-hydrogen) atoms. The minimum atomic E-state index is -0.631. The van der Waals surface area contributed by atoms with Crippen molar-refractivity contribution in [3.63, 3.8) is 0 Å². The number of carbonyl (C=O) groups excluding carboxylic acids is 1. The zero-order chi connectivity index (χ0) is 15.2. The summed E-state index contributed by atoms with van der Waals surface area (Å²) in [6.45, 7) is 0.363. The van der Waals surface area contributed by atoms with E-state index in [1.54, 1.807) is 12.1 Å². The lowest BCUT2D eigenvalue weighted by atomic mass is 10.1. The van der Waals surface area contributed by atoms with E-state index < -0.39 is 5.91 Å². The van der Waals surface area contributed by atoms with Crippen molar-refractivity contribution in [2.24, 2.45) is 5.73 Å². The fraction of sp³-hybridized carbons (Fsp3) is 0.188. The molecule has 0 aliphatic rings. The molecule has 0 bridgehead atoms. The summed E-state index contributed by atoms with van der Waals surface area (Å²) in [5, 5.41) is 0. The van der Waals surface area contributed by atoms with Gasteiger partial charge in [-0.2, -0.15) is 0 Å². The number of hydrogen-bond donors (Lipinski definition) is 1. The maximum Gasteiger partial charge on any atom is 0.256 e. The fourth-order valence-electron chi connectivity index (χ4n) is 2.00. The molecule has 5 heteroatoms. The van der Waals surface area contributed by atoms with Gasteiger partial charge in [0.05, 0.1) is 14.2 Å². The predicted octanol–water partition coefficient (Wildman–Crippen LogP) is 2.38. The normalized spacial score (nSPS) is 10.0. The van der Waals surface area contributed by atoms with E-state index >= 15 is 0 Å². The molecule has 0 heterocycles. The highest BCUT2D eigenvalue weighted by Gasteiger charge is 2.20. The zero-order valence-electron chi connectivity index (χ0n) is 12.0. The SMILES string of the molecule is COc1ccc(OCc2ccccc2)c(OC)c1C(N)=O. The summed E-state index contributed by atoms with van der Waals surface area (Å²) in [6.07, 6.45) is 0. The summed E-state index contributed by atoms with van der Waals surface area (Å²) in [5.41, 5.74) is 6.57. The van der Waals surface area contributed by atoms with Crippen LogP contribution < -0.4 is 19.9 Å². The van der Waals surface area contributed by atoms with Gasteiger partial charge in [0.2, 0.25) is 0 Å². The first kappa shape index (κ1) is 14.7. The predicted molar refractivity (Wildman–Crippen MR) is 78.8 cm³/mol. The van der Waals surface area contributed by atoms with Crippen molar-refractivity contribution in [2.45, 2.75) is 6.61 Å². The molecule has 0 atom stereocenters. The highest BCUT2D eigenvalue weighted by molar-refractivity contribution is 5.99. The molecule has 110 valence electrons. The van der Waals surface area contributed by atoms with Gasteiger partial charge in [-0.25, -0.2) is 0 Å².